The molecule has 4 heteroatoms. The summed E-state index contributed by atoms with van der Waals surface area (Å²) in [5, 5.41) is 2.23. The molecule has 1 heterocycles. The van der Waals surface area contributed by atoms with Crippen LogP contribution < -0.4 is 0 Å². The topological polar surface area (TPSA) is 39.2 Å². The summed E-state index contributed by atoms with van der Waals surface area (Å²) in [6.45, 7) is 4.22. The summed E-state index contributed by atoms with van der Waals surface area (Å²) in [5.74, 6) is 0.502. The Kier molecular flexibility index (Phi) is 4.86. The van der Waals surface area contributed by atoms with E-state index in [4.69, 9.17) is 9.72 Å². The van der Waals surface area contributed by atoms with Gasteiger partial charge in [0.2, 0.25) is 0 Å². The minimum atomic E-state index is -0.309. The first-order chi connectivity index (χ1) is 11.6. The van der Waals surface area contributed by atoms with Crippen molar-refractivity contribution >= 4 is 28.6 Å². The number of hydrogen-bond acceptors (Lipinski definition) is 4. The van der Waals surface area contributed by atoms with E-state index in [1.54, 1.807) is 23.9 Å². The lowest BCUT2D eigenvalue weighted by Gasteiger charge is -2.08. The van der Waals surface area contributed by atoms with Crippen LogP contribution in [0.25, 0.3) is 10.9 Å². The highest BCUT2D eigenvalue weighted by molar-refractivity contribution is 7.98. The average molecular weight is 337 g/mol. The van der Waals surface area contributed by atoms with Gasteiger partial charge in [-0.1, -0.05) is 30.3 Å². The van der Waals surface area contributed by atoms with E-state index < -0.39 is 0 Å². The van der Waals surface area contributed by atoms with Crippen molar-refractivity contribution in [2.45, 2.75) is 24.6 Å². The van der Waals surface area contributed by atoms with Gasteiger partial charge in [0, 0.05) is 11.1 Å². The van der Waals surface area contributed by atoms with Crippen LogP contribution in [0.1, 0.15) is 27.0 Å². The maximum absolute atomic E-state index is 11.5. The zero-order valence-corrected chi connectivity index (χ0v) is 14.8. The molecule has 0 spiro atoms. The fraction of sp³-hybridized carbons (Fsp3) is 0.200. The molecule has 0 unspecified atom stereocenters. The number of aromatic nitrogens is 1. The van der Waals surface area contributed by atoms with Crippen molar-refractivity contribution in [1.82, 2.24) is 4.98 Å². The number of ether oxygens (including phenoxy) is 1. The van der Waals surface area contributed by atoms with Crippen molar-refractivity contribution in [1.29, 1.82) is 0 Å². The van der Waals surface area contributed by atoms with Crippen molar-refractivity contribution in [3.63, 3.8) is 0 Å². The predicted octanol–water partition coefficient (Wildman–Crippen LogP) is 4.93. The van der Waals surface area contributed by atoms with Gasteiger partial charge in [0.15, 0.2) is 0 Å². The van der Waals surface area contributed by atoms with Crippen LogP contribution in [0.15, 0.2) is 53.6 Å². The van der Waals surface area contributed by atoms with Crippen molar-refractivity contribution in [2.24, 2.45) is 0 Å². The first-order valence-corrected chi connectivity index (χ1v) is 8.74. The van der Waals surface area contributed by atoms with Crippen LogP contribution in [0.3, 0.4) is 0 Å². The molecule has 122 valence electrons. The van der Waals surface area contributed by atoms with Gasteiger partial charge < -0.3 is 4.74 Å². The number of nitrogens with zero attached hydrogens (tertiary/aromatic N) is 1. The van der Waals surface area contributed by atoms with Gasteiger partial charge in [0.25, 0.3) is 0 Å². The van der Waals surface area contributed by atoms with Crippen LogP contribution >= 0.6 is 11.8 Å². The lowest BCUT2D eigenvalue weighted by molar-refractivity contribution is 0.0600. The minimum Gasteiger partial charge on any atom is -0.465 e. The van der Waals surface area contributed by atoms with Crippen LogP contribution in [0.2, 0.25) is 0 Å². The van der Waals surface area contributed by atoms with Crippen LogP contribution in [0.5, 0.6) is 0 Å². The van der Waals surface area contributed by atoms with Gasteiger partial charge in [-0.2, -0.15) is 0 Å². The lowest BCUT2D eigenvalue weighted by Crippen LogP contribution is -2.00. The predicted molar refractivity (Wildman–Crippen MR) is 98.6 cm³/mol. The average Bonchev–Trinajstić information content (AvgIpc) is 2.60. The number of thioether (sulfide) groups is 1. The molecule has 0 aliphatic rings. The van der Waals surface area contributed by atoms with Crippen LogP contribution in [-0.4, -0.2) is 18.1 Å². The molecule has 3 nitrogen and oxygen atoms in total. The van der Waals surface area contributed by atoms with Gasteiger partial charge >= 0.3 is 5.97 Å². The number of esters is 1. The van der Waals surface area contributed by atoms with E-state index in [9.17, 15) is 4.79 Å². The summed E-state index contributed by atoms with van der Waals surface area (Å²) in [4.78, 5) is 16.3. The molecule has 0 saturated heterocycles. The Hall–Kier alpha value is -2.33. The molecule has 0 fully saturated rings. The number of carbonyl (C=O) groups excluding carboxylic acids is 1. The summed E-state index contributed by atoms with van der Waals surface area (Å²) >= 11 is 1.70. The number of fused-ring (bicyclic) bond motifs is 1. The molecular formula is C20H19NO2S. The molecular weight excluding hydrogens is 318 g/mol. The quantitative estimate of drug-likeness (QED) is 0.500. The fourth-order valence-corrected chi connectivity index (χ4v) is 3.54. The first-order valence-electron chi connectivity index (χ1n) is 7.75. The molecule has 2 aromatic carbocycles. The fourth-order valence-electron chi connectivity index (χ4n) is 2.62. The third-order valence-corrected chi connectivity index (χ3v) is 4.97. The Morgan fingerprint density at radius 2 is 1.83 bits per heavy atom. The summed E-state index contributed by atoms with van der Waals surface area (Å²) in [6.07, 6.45) is 0. The van der Waals surface area contributed by atoms with Crippen molar-refractivity contribution in [2.75, 3.05) is 7.11 Å². The van der Waals surface area contributed by atoms with Gasteiger partial charge in [-0.15, -0.1) is 11.8 Å². The number of rotatable bonds is 4. The number of benzene rings is 2. The van der Waals surface area contributed by atoms with Crippen LogP contribution in [-0.2, 0) is 10.5 Å². The highest BCUT2D eigenvalue weighted by atomic mass is 32.2. The van der Waals surface area contributed by atoms with Crippen molar-refractivity contribution in [3.05, 3.63) is 70.8 Å². The molecule has 3 aromatic rings. The van der Waals surface area contributed by atoms with E-state index in [-0.39, 0.29) is 5.97 Å². The van der Waals surface area contributed by atoms with Gasteiger partial charge in [0.05, 0.1) is 23.2 Å². The number of hydrogen-bond donors (Lipinski definition) is 0. The smallest absolute Gasteiger partial charge is 0.337 e. The van der Waals surface area contributed by atoms with Gasteiger partial charge in [-0.05, 0) is 48.7 Å². The molecule has 0 saturated carbocycles. The SMILES string of the molecule is COC(=O)c1ccc(CSc2cc(C)c3cccc(C)c3n2)cc1. The standard InChI is InChI=1S/C20H19NO2S/c1-13-5-4-6-17-14(2)11-18(21-19(13)17)24-12-15-7-9-16(10-8-15)20(22)23-3/h4-11H,12H2,1-3H3. The third-order valence-electron chi connectivity index (χ3n) is 3.99. The van der Waals surface area contributed by atoms with Crippen LogP contribution in [0, 0.1) is 13.8 Å². The number of carbonyl (C=O) groups is 1. The summed E-state index contributed by atoms with van der Waals surface area (Å²) in [5.41, 5.74) is 5.23. The summed E-state index contributed by atoms with van der Waals surface area (Å²) < 4.78 is 4.72. The molecule has 0 atom stereocenters. The van der Waals surface area contributed by atoms with Crippen LogP contribution in [0.4, 0.5) is 0 Å². The number of pyridine rings is 1. The molecule has 0 aliphatic heterocycles. The number of para-hydroxylation sites is 1. The van der Waals surface area contributed by atoms with E-state index >= 15 is 0 Å². The highest BCUT2D eigenvalue weighted by Gasteiger charge is 2.07. The van der Waals surface area contributed by atoms with E-state index in [2.05, 4.69) is 38.1 Å². The van der Waals surface area contributed by atoms with E-state index in [0.717, 1.165) is 21.9 Å². The molecule has 24 heavy (non-hydrogen) atoms. The number of aryl methyl sites for hydroxylation is 2. The Balaban J connectivity index is 1.78. The Morgan fingerprint density at radius 1 is 1.08 bits per heavy atom. The summed E-state index contributed by atoms with van der Waals surface area (Å²) in [7, 11) is 1.39. The normalized spacial score (nSPS) is 10.8. The van der Waals surface area contributed by atoms with Gasteiger partial charge in [0.1, 0.15) is 0 Å². The Morgan fingerprint density at radius 3 is 2.54 bits per heavy atom. The molecule has 0 bridgehead atoms. The second kappa shape index (κ2) is 7.05. The zero-order chi connectivity index (χ0) is 17.1. The Labute approximate surface area is 146 Å². The maximum atomic E-state index is 11.5. The highest BCUT2D eigenvalue weighted by Crippen LogP contribution is 2.27. The lowest BCUT2D eigenvalue weighted by atomic mass is 10.1. The van der Waals surface area contributed by atoms with Gasteiger partial charge in [-0.25, -0.2) is 9.78 Å². The molecule has 1 aromatic heterocycles. The second-order valence-electron chi connectivity index (χ2n) is 5.73. The maximum Gasteiger partial charge on any atom is 0.337 e. The first kappa shape index (κ1) is 16.5. The second-order valence-corrected chi connectivity index (χ2v) is 6.72. The van der Waals surface area contributed by atoms with Crippen molar-refractivity contribution < 1.29 is 9.53 Å². The molecule has 0 amide bonds. The largest absolute Gasteiger partial charge is 0.465 e. The van der Waals surface area contributed by atoms with Gasteiger partial charge in [-0.3, -0.25) is 0 Å². The van der Waals surface area contributed by atoms with E-state index in [1.165, 1.54) is 23.6 Å². The van der Waals surface area contributed by atoms with E-state index in [1.807, 2.05) is 12.1 Å². The molecule has 3 rings (SSSR count). The number of methoxy groups -OCH3 is 1. The third kappa shape index (κ3) is 3.44. The van der Waals surface area contributed by atoms with Crippen molar-refractivity contribution in [3.8, 4) is 0 Å². The zero-order valence-electron chi connectivity index (χ0n) is 14.0. The van der Waals surface area contributed by atoms with E-state index in [0.29, 0.717) is 5.56 Å². The summed E-state index contributed by atoms with van der Waals surface area (Å²) in [6, 6.07) is 15.9. The minimum absolute atomic E-state index is 0.309. The molecule has 0 N–H and O–H groups in total. The monoisotopic (exact) mass is 337 g/mol. The molecule has 0 radical (unpaired) electrons. The molecule has 0 aliphatic carbocycles. The Bertz CT molecular complexity index is 888.